The lowest BCUT2D eigenvalue weighted by Gasteiger charge is -2.25. The monoisotopic (exact) mass is 627 g/mol. The number of alkyl halides is 2. The van der Waals surface area contributed by atoms with Crippen molar-refractivity contribution in [3.05, 3.63) is 87.5 Å². The van der Waals surface area contributed by atoms with Gasteiger partial charge in [0, 0.05) is 34.3 Å². The Morgan fingerprint density at radius 2 is 1.95 bits per heavy atom. The standard InChI is InChI=1S/C28H25Cl2F2N9O2/c1-15-3-2-4-23(20-9-16(7-8-33-20)26-21(36-27(15)43)12-35-41(26)28(31)32)39-14-34-19(11-25(39)42)18-10-17(29)5-6-22(18)40-13-24(30)37-38-40/h5-15,23,27-28,36,43H,2-4H2,1H3/t15-,23+,27?/m1/s1. The van der Waals surface area contributed by atoms with Crippen LogP contribution in [-0.4, -0.2) is 50.6 Å². The van der Waals surface area contributed by atoms with Crippen molar-refractivity contribution in [3.63, 3.8) is 0 Å². The van der Waals surface area contributed by atoms with Crippen LogP contribution in [0.2, 0.25) is 10.2 Å². The van der Waals surface area contributed by atoms with Crippen LogP contribution in [0.15, 0.2) is 66.1 Å². The van der Waals surface area contributed by atoms with Crippen LogP contribution >= 0.6 is 23.2 Å². The normalized spacial score (nSPS) is 18.9. The Balaban J connectivity index is 1.44. The minimum absolute atomic E-state index is 0.103. The summed E-state index contributed by atoms with van der Waals surface area (Å²) in [5, 5.41) is 26.0. The van der Waals surface area contributed by atoms with Gasteiger partial charge in [-0.2, -0.15) is 13.9 Å². The number of nitrogens with zero attached hydrogens (tertiary/aromatic N) is 8. The van der Waals surface area contributed by atoms with Gasteiger partial charge in [0.25, 0.3) is 5.56 Å². The molecule has 1 aliphatic rings. The molecule has 222 valence electrons. The molecule has 3 atom stereocenters. The number of aliphatic hydroxyl groups excluding tert-OH is 1. The second-order valence-corrected chi connectivity index (χ2v) is 11.1. The molecule has 0 radical (unpaired) electrons. The van der Waals surface area contributed by atoms with Crippen molar-refractivity contribution in [2.45, 2.75) is 45.0 Å². The van der Waals surface area contributed by atoms with Crippen molar-refractivity contribution < 1.29 is 13.9 Å². The SMILES string of the molecule is C[C@@H]1CCC[C@H](n2cnc(-c3cc(Cl)ccc3-n3cc(Cl)nn3)cc2=O)c2cc(ccn2)-c2c(cnn2C(F)F)NC1O. The average molecular weight is 628 g/mol. The summed E-state index contributed by atoms with van der Waals surface area (Å²) in [6.07, 6.45) is 6.45. The Kier molecular flexibility index (Phi) is 7.95. The first-order chi connectivity index (χ1) is 20.7. The van der Waals surface area contributed by atoms with E-state index in [9.17, 15) is 18.7 Å². The molecule has 0 saturated heterocycles. The van der Waals surface area contributed by atoms with Crippen molar-refractivity contribution in [2.75, 3.05) is 5.32 Å². The summed E-state index contributed by atoms with van der Waals surface area (Å²) < 4.78 is 31.4. The van der Waals surface area contributed by atoms with E-state index in [-0.39, 0.29) is 28.0 Å². The molecule has 1 aliphatic heterocycles. The zero-order valence-corrected chi connectivity index (χ0v) is 24.2. The van der Waals surface area contributed by atoms with Gasteiger partial charge in [-0.25, -0.2) is 14.3 Å². The first-order valence-electron chi connectivity index (χ1n) is 13.4. The van der Waals surface area contributed by atoms with E-state index in [1.54, 1.807) is 30.3 Å². The van der Waals surface area contributed by atoms with E-state index in [0.717, 1.165) is 0 Å². The molecule has 0 spiro atoms. The minimum Gasteiger partial charge on any atom is -0.374 e. The van der Waals surface area contributed by atoms with Crippen LogP contribution in [0.3, 0.4) is 0 Å². The summed E-state index contributed by atoms with van der Waals surface area (Å²) in [4.78, 5) is 22.8. The van der Waals surface area contributed by atoms with Crippen LogP contribution in [0.25, 0.3) is 28.2 Å². The molecule has 5 aromatic rings. The van der Waals surface area contributed by atoms with Crippen molar-refractivity contribution in [1.82, 2.24) is 39.3 Å². The van der Waals surface area contributed by atoms with Crippen LogP contribution < -0.4 is 10.9 Å². The van der Waals surface area contributed by atoms with E-state index in [2.05, 4.69) is 30.7 Å². The van der Waals surface area contributed by atoms with Crippen molar-refractivity contribution in [1.29, 1.82) is 0 Å². The van der Waals surface area contributed by atoms with E-state index in [0.29, 0.717) is 57.2 Å². The number of hydrogen-bond acceptors (Lipinski definition) is 8. The zero-order chi connectivity index (χ0) is 30.2. The van der Waals surface area contributed by atoms with Gasteiger partial charge in [0.05, 0.1) is 53.2 Å². The third-order valence-corrected chi connectivity index (χ3v) is 7.88. The Morgan fingerprint density at radius 1 is 1.12 bits per heavy atom. The number of nitrogens with one attached hydrogen (secondary N) is 1. The Morgan fingerprint density at radius 3 is 2.70 bits per heavy atom. The van der Waals surface area contributed by atoms with E-state index in [1.807, 2.05) is 6.92 Å². The molecule has 6 rings (SSSR count). The summed E-state index contributed by atoms with van der Waals surface area (Å²) in [5.41, 5.74) is 2.38. The van der Waals surface area contributed by atoms with Gasteiger partial charge in [-0.05, 0) is 43.2 Å². The van der Waals surface area contributed by atoms with Gasteiger partial charge in [0.2, 0.25) is 0 Å². The number of hydrogen-bond donors (Lipinski definition) is 2. The first-order valence-corrected chi connectivity index (χ1v) is 14.2. The number of rotatable bonds is 4. The maximum absolute atomic E-state index is 13.9. The van der Waals surface area contributed by atoms with Crippen LogP contribution in [0.4, 0.5) is 14.5 Å². The van der Waals surface area contributed by atoms with Gasteiger partial charge in [-0.3, -0.25) is 14.3 Å². The average Bonchev–Trinajstić information content (AvgIpc) is 3.61. The van der Waals surface area contributed by atoms with E-state index in [4.69, 9.17) is 23.2 Å². The number of aromatic nitrogens is 8. The Labute approximate surface area is 253 Å². The lowest BCUT2D eigenvalue weighted by molar-refractivity contribution is 0.0585. The van der Waals surface area contributed by atoms with Gasteiger partial charge in [0.15, 0.2) is 5.15 Å². The molecule has 2 N–H and O–H groups in total. The predicted octanol–water partition coefficient (Wildman–Crippen LogP) is 5.59. The fraction of sp³-hybridized carbons (Fsp3) is 0.286. The summed E-state index contributed by atoms with van der Waals surface area (Å²) in [5.74, 6) is -0.224. The van der Waals surface area contributed by atoms with Crippen molar-refractivity contribution >= 4 is 28.9 Å². The number of halogens is 4. The number of aliphatic hydroxyl groups is 1. The number of pyridine rings is 1. The summed E-state index contributed by atoms with van der Waals surface area (Å²) in [6, 6.07) is 9.15. The number of fused-ring (bicyclic) bond motifs is 4. The molecule has 2 bridgehead atoms. The van der Waals surface area contributed by atoms with Gasteiger partial charge in [0.1, 0.15) is 6.23 Å². The smallest absolute Gasteiger partial charge is 0.333 e. The second kappa shape index (κ2) is 11.8. The first kappa shape index (κ1) is 28.9. The molecule has 1 aromatic carbocycles. The molecular weight excluding hydrogens is 603 g/mol. The third-order valence-electron chi connectivity index (χ3n) is 7.47. The van der Waals surface area contributed by atoms with Crippen molar-refractivity contribution in [2.24, 2.45) is 5.92 Å². The fourth-order valence-electron chi connectivity index (χ4n) is 5.27. The quantitative estimate of drug-likeness (QED) is 0.264. The fourth-order valence-corrected chi connectivity index (χ4v) is 5.57. The van der Waals surface area contributed by atoms with E-state index in [1.165, 1.54) is 40.2 Å². The van der Waals surface area contributed by atoms with Gasteiger partial charge < -0.3 is 10.4 Å². The molecule has 0 fully saturated rings. The van der Waals surface area contributed by atoms with Crippen LogP contribution in [0.5, 0.6) is 0 Å². The molecule has 43 heavy (non-hydrogen) atoms. The largest absolute Gasteiger partial charge is 0.374 e. The third kappa shape index (κ3) is 5.75. The lowest BCUT2D eigenvalue weighted by atomic mass is 9.96. The molecule has 0 aliphatic carbocycles. The highest BCUT2D eigenvalue weighted by atomic mass is 35.5. The zero-order valence-electron chi connectivity index (χ0n) is 22.6. The highest BCUT2D eigenvalue weighted by molar-refractivity contribution is 6.31. The summed E-state index contributed by atoms with van der Waals surface area (Å²) in [7, 11) is 0. The highest BCUT2D eigenvalue weighted by Gasteiger charge is 2.26. The van der Waals surface area contributed by atoms with Gasteiger partial charge in [-0.15, -0.1) is 5.10 Å². The summed E-state index contributed by atoms with van der Waals surface area (Å²) in [6.45, 7) is -1.05. The van der Waals surface area contributed by atoms with Gasteiger partial charge >= 0.3 is 6.55 Å². The van der Waals surface area contributed by atoms with Gasteiger partial charge in [-0.1, -0.05) is 41.8 Å². The molecule has 4 aromatic heterocycles. The Hall–Kier alpha value is -4.20. The maximum Gasteiger partial charge on any atom is 0.333 e. The van der Waals surface area contributed by atoms with Crippen molar-refractivity contribution in [3.8, 4) is 28.2 Å². The molecule has 0 saturated carbocycles. The molecule has 0 amide bonds. The molecule has 11 nitrogen and oxygen atoms in total. The van der Waals surface area contributed by atoms with Crippen LogP contribution in [0.1, 0.15) is 44.5 Å². The second-order valence-electron chi connectivity index (χ2n) is 10.3. The highest BCUT2D eigenvalue weighted by Crippen LogP contribution is 2.35. The van der Waals surface area contributed by atoms with E-state index >= 15 is 0 Å². The molecule has 5 heterocycles. The van der Waals surface area contributed by atoms with Crippen LogP contribution in [0, 0.1) is 5.92 Å². The minimum atomic E-state index is -2.91. The number of benzene rings is 1. The lowest BCUT2D eigenvalue weighted by Crippen LogP contribution is -2.29. The van der Waals surface area contributed by atoms with Crippen LogP contribution in [-0.2, 0) is 0 Å². The van der Waals surface area contributed by atoms with E-state index < -0.39 is 18.8 Å². The number of anilines is 1. The molecule has 15 heteroatoms. The predicted molar refractivity (Wildman–Crippen MR) is 156 cm³/mol. The molecule has 1 unspecified atom stereocenters. The Bertz CT molecular complexity index is 1840. The maximum atomic E-state index is 13.9. The summed E-state index contributed by atoms with van der Waals surface area (Å²) >= 11 is 12.3. The molecular formula is C28H25Cl2F2N9O2. The topological polar surface area (TPSA) is 129 Å².